The smallest absolute Gasteiger partial charge is 0.231 e. The second-order valence-electron chi connectivity index (χ2n) is 3.81. The molecule has 0 saturated heterocycles. The van der Waals surface area contributed by atoms with Crippen LogP contribution in [0.5, 0.6) is 0 Å². The van der Waals surface area contributed by atoms with E-state index in [1.165, 1.54) is 6.07 Å². The predicted molar refractivity (Wildman–Crippen MR) is 67.8 cm³/mol. The summed E-state index contributed by atoms with van der Waals surface area (Å²) in [5, 5.41) is 0. The van der Waals surface area contributed by atoms with Gasteiger partial charge in [0.2, 0.25) is 5.91 Å². The van der Waals surface area contributed by atoms with Gasteiger partial charge in [0.05, 0.1) is 6.54 Å². The number of carbonyl (C=O) groups is 1. The normalized spacial score (nSPS) is 10.5. The van der Waals surface area contributed by atoms with Crippen molar-refractivity contribution in [2.75, 3.05) is 13.6 Å². The van der Waals surface area contributed by atoms with Crippen LogP contribution >= 0.6 is 12.2 Å². The summed E-state index contributed by atoms with van der Waals surface area (Å²) in [5.41, 5.74) is 11.4. The highest BCUT2D eigenvalue weighted by Crippen LogP contribution is 2.12. The molecule has 0 radical (unpaired) electrons. The first kappa shape index (κ1) is 13.5. The maximum atomic E-state index is 13.7. The lowest BCUT2D eigenvalue weighted by Gasteiger charge is -2.15. The van der Waals surface area contributed by atoms with Gasteiger partial charge in [0, 0.05) is 17.7 Å². The number of amides is 1. The van der Waals surface area contributed by atoms with Gasteiger partial charge in [0.15, 0.2) is 0 Å². The number of halogens is 1. The maximum absolute atomic E-state index is 13.7. The van der Waals surface area contributed by atoms with E-state index in [2.05, 4.69) is 0 Å². The fraction of sp³-hybridized carbons (Fsp3) is 0.273. The molecule has 0 atom stereocenters. The van der Waals surface area contributed by atoms with Crippen molar-refractivity contribution in [1.82, 2.24) is 4.90 Å². The molecule has 0 heterocycles. The second kappa shape index (κ2) is 5.70. The summed E-state index contributed by atoms with van der Waals surface area (Å²) >= 11 is 4.75. The quantitative estimate of drug-likeness (QED) is 0.746. The molecule has 0 saturated carbocycles. The summed E-state index contributed by atoms with van der Waals surface area (Å²) in [7, 11) is 1.69. The molecule has 0 fully saturated rings. The van der Waals surface area contributed by atoms with Gasteiger partial charge in [-0.25, -0.2) is 4.39 Å². The van der Waals surface area contributed by atoms with Crippen molar-refractivity contribution >= 4 is 23.1 Å². The van der Waals surface area contributed by atoms with Gasteiger partial charge in [-0.3, -0.25) is 9.69 Å². The molecule has 92 valence electrons. The van der Waals surface area contributed by atoms with Crippen LogP contribution in [0.25, 0.3) is 0 Å². The van der Waals surface area contributed by atoms with E-state index in [1.807, 2.05) is 0 Å². The minimum atomic E-state index is -0.451. The van der Waals surface area contributed by atoms with Gasteiger partial charge < -0.3 is 11.5 Å². The van der Waals surface area contributed by atoms with Gasteiger partial charge in [0.1, 0.15) is 10.8 Å². The first-order valence-corrected chi connectivity index (χ1v) is 5.36. The molecule has 4 nitrogen and oxygen atoms in total. The van der Waals surface area contributed by atoms with E-state index in [9.17, 15) is 9.18 Å². The second-order valence-corrected chi connectivity index (χ2v) is 4.25. The molecule has 0 bridgehead atoms. The van der Waals surface area contributed by atoms with Crippen molar-refractivity contribution in [1.29, 1.82) is 0 Å². The van der Waals surface area contributed by atoms with Crippen LogP contribution in [0.3, 0.4) is 0 Å². The lowest BCUT2D eigenvalue weighted by Crippen LogP contribution is -2.30. The molecule has 0 unspecified atom stereocenters. The Hall–Kier alpha value is -1.53. The van der Waals surface area contributed by atoms with Crippen molar-refractivity contribution < 1.29 is 9.18 Å². The third kappa shape index (κ3) is 4.08. The van der Waals surface area contributed by atoms with Crippen molar-refractivity contribution in [3.63, 3.8) is 0 Å². The highest BCUT2D eigenvalue weighted by molar-refractivity contribution is 7.80. The van der Waals surface area contributed by atoms with Gasteiger partial charge in [-0.1, -0.05) is 24.4 Å². The molecule has 0 aliphatic carbocycles. The number of nitrogens with two attached hydrogens (primary N) is 2. The zero-order valence-electron chi connectivity index (χ0n) is 9.44. The van der Waals surface area contributed by atoms with E-state index in [0.717, 1.165) is 0 Å². The van der Waals surface area contributed by atoms with E-state index in [0.29, 0.717) is 17.7 Å². The van der Waals surface area contributed by atoms with E-state index >= 15 is 0 Å². The molecule has 4 N–H and O–H groups in total. The van der Waals surface area contributed by atoms with E-state index in [1.54, 1.807) is 24.1 Å². The highest BCUT2D eigenvalue weighted by Gasteiger charge is 2.09. The van der Waals surface area contributed by atoms with Gasteiger partial charge in [-0.15, -0.1) is 0 Å². The molecule has 6 heteroatoms. The Balaban J connectivity index is 2.79. The molecule has 1 aromatic rings. The van der Waals surface area contributed by atoms with Crippen LogP contribution in [0, 0.1) is 5.82 Å². The van der Waals surface area contributed by atoms with E-state index in [4.69, 9.17) is 23.7 Å². The first-order chi connectivity index (χ1) is 7.90. The Bertz CT molecular complexity index is 450. The summed E-state index contributed by atoms with van der Waals surface area (Å²) in [4.78, 5) is 12.5. The van der Waals surface area contributed by atoms with Gasteiger partial charge in [-0.05, 0) is 13.1 Å². The van der Waals surface area contributed by atoms with Crippen LogP contribution in [-0.4, -0.2) is 29.4 Å². The third-order valence-corrected chi connectivity index (χ3v) is 2.44. The molecule has 0 aromatic heterocycles. The van der Waals surface area contributed by atoms with Crippen LogP contribution < -0.4 is 11.5 Å². The SMILES string of the molecule is CN(CC(N)=O)Cc1ccc(C(N)=S)cc1F. The van der Waals surface area contributed by atoms with Crippen molar-refractivity contribution in [3.8, 4) is 0 Å². The molecule has 1 rings (SSSR count). The van der Waals surface area contributed by atoms with Crippen LogP contribution in [0.1, 0.15) is 11.1 Å². The van der Waals surface area contributed by atoms with Crippen molar-refractivity contribution in [2.24, 2.45) is 11.5 Å². The molecule has 17 heavy (non-hydrogen) atoms. The summed E-state index contributed by atoms with van der Waals surface area (Å²) in [6, 6.07) is 4.54. The molecule has 1 amide bonds. The van der Waals surface area contributed by atoms with Gasteiger partial charge >= 0.3 is 0 Å². The Kier molecular flexibility index (Phi) is 4.53. The van der Waals surface area contributed by atoms with Crippen LogP contribution in [0.15, 0.2) is 18.2 Å². The number of primary amides is 1. The average molecular weight is 255 g/mol. The summed E-state index contributed by atoms with van der Waals surface area (Å²) < 4.78 is 13.7. The topological polar surface area (TPSA) is 72.3 Å². The van der Waals surface area contributed by atoms with Gasteiger partial charge in [-0.2, -0.15) is 0 Å². The third-order valence-electron chi connectivity index (χ3n) is 2.20. The summed E-state index contributed by atoms with van der Waals surface area (Å²) in [6.07, 6.45) is 0. The number of nitrogens with zero attached hydrogens (tertiary/aromatic N) is 1. The molecule has 0 spiro atoms. The van der Waals surface area contributed by atoms with Crippen molar-refractivity contribution in [3.05, 3.63) is 35.1 Å². The van der Waals surface area contributed by atoms with E-state index < -0.39 is 11.7 Å². The fourth-order valence-electron chi connectivity index (χ4n) is 1.44. The minimum absolute atomic E-state index is 0.0799. The Morgan fingerprint density at radius 3 is 2.59 bits per heavy atom. The highest BCUT2D eigenvalue weighted by atomic mass is 32.1. The van der Waals surface area contributed by atoms with Crippen LogP contribution in [0.2, 0.25) is 0 Å². The zero-order chi connectivity index (χ0) is 13.0. The fourth-order valence-corrected chi connectivity index (χ4v) is 1.57. The number of hydrogen-bond donors (Lipinski definition) is 2. The largest absolute Gasteiger partial charge is 0.389 e. The summed E-state index contributed by atoms with van der Waals surface area (Å²) in [6.45, 7) is 0.378. The Morgan fingerprint density at radius 2 is 2.12 bits per heavy atom. The zero-order valence-corrected chi connectivity index (χ0v) is 10.3. The average Bonchev–Trinajstić information content (AvgIpc) is 2.19. The van der Waals surface area contributed by atoms with Crippen LogP contribution in [-0.2, 0) is 11.3 Å². The van der Waals surface area contributed by atoms with Gasteiger partial charge in [0.25, 0.3) is 0 Å². The van der Waals surface area contributed by atoms with Crippen molar-refractivity contribution in [2.45, 2.75) is 6.54 Å². The monoisotopic (exact) mass is 255 g/mol. The molecule has 0 aliphatic rings. The standard InChI is InChI=1S/C11H14FN3OS/c1-15(6-10(13)16)5-8-3-2-7(11(14)17)4-9(8)12/h2-4H,5-6H2,1H3,(H2,13,16)(H2,14,17). The van der Waals surface area contributed by atoms with E-state index in [-0.39, 0.29) is 11.5 Å². The minimum Gasteiger partial charge on any atom is -0.389 e. The Labute approximate surface area is 104 Å². The van der Waals surface area contributed by atoms with Crippen LogP contribution in [0.4, 0.5) is 4.39 Å². The number of thiocarbonyl (C=S) groups is 1. The lowest BCUT2D eigenvalue weighted by molar-refractivity contribution is -0.118. The molecule has 1 aromatic carbocycles. The number of hydrogen-bond acceptors (Lipinski definition) is 3. The summed E-state index contributed by atoms with van der Waals surface area (Å²) in [5.74, 6) is -0.848. The molecular formula is C11H14FN3OS. The number of benzene rings is 1. The lowest BCUT2D eigenvalue weighted by atomic mass is 10.1. The number of carbonyl (C=O) groups excluding carboxylic acids is 1. The molecular weight excluding hydrogens is 241 g/mol. The number of rotatable bonds is 5. The maximum Gasteiger partial charge on any atom is 0.231 e. The predicted octanol–water partition coefficient (Wildman–Crippen LogP) is 0.377. The first-order valence-electron chi connectivity index (χ1n) is 4.95. The number of likely N-dealkylation sites (N-methyl/N-ethyl adjacent to an activating group) is 1. The molecule has 0 aliphatic heterocycles. The Morgan fingerprint density at radius 1 is 1.47 bits per heavy atom.